The number of carbonyl (C=O) groups excluding carboxylic acids is 1. The zero-order valence-corrected chi connectivity index (χ0v) is 13.4. The van der Waals surface area contributed by atoms with Gasteiger partial charge in [0, 0.05) is 25.8 Å². The van der Waals surface area contributed by atoms with Crippen LogP contribution in [0.2, 0.25) is 0 Å². The first kappa shape index (κ1) is 16.1. The summed E-state index contributed by atoms with van der Waals surface area (Å²) in [4.78, 5) is 11.6. The van der Waals surface area contributed by atoms with E-state index in [4.69, 9.17) is 4.74 Å². The van der Waals surface area contributed by atoms with Crippen LogP contribution in [0.15, 0.2) is 29.2 Å². The lowest BCUT2D eigenvalue weighted by Gasteiger charge is -2.38. The highest BCUT2D eigenvalue weighted by molar-refractivity contribution is 7.89. The average molecular weight is 311 g/mol. The van der Waals surface area contributed by atoms with Gasteiger partial charge >= 0.3 is 0 Å². The highest BCUT2D eigenvalue weighted by atomic mass is 32.2. The molecule has 21 heavy (non-hydrogen) atoms. The van der Waals surface area contributed by atoms with Crippen molar-refractivity contribution in [3.05, 3.63) is 29.8 Å². The second kappa shape index (κ2) is 5.87. The summed E-state index contributed by atoms with van der Waals surface area (Å²) < 4.78 is 32.3. The SMILES string of the molecule is COC1(C)CCCN(S(=O)(=O)c2cccc(C(C)=O)c2)C1. The van der Waals surface area contributed by atoms with Crippen molar-refractivity contribution in [3.63, 3.8) is 0 Å². The van der Waals surface area contributed by atoms with Gasteiger partial charge < -0.3 is 4.74 Å². The number of ketones is 1. The number of nitrogens with zero attached hydrogens (tertiary/aromatic N) is 1. The van der Waals surface area contributed by atoms with E-state index in [2.05, 4.69) is 0 Å². The molecule has 1 saturated heterocycles. The molecule has 0 bridgehead atoms. The summed E-state index contributed by atoms with van der Waals surface area (Å²) in [6.07, 6.45) is 1.60. The van der Waals surface area contributed by atoms with Crippen molar-refractivity contribution in [2.45, 2.75) is 37.2 Å². The third-order valence-electron chi connectivity index (χ3n) is 4.00. The van der Waals surface area contributed by atoms with Gasteiger partial charge in [0.2, 0.25) is 10.0 Å². The van der Waals surface area contributed by atoms with Crippen molar-refractivity contribution in [2.75, 3.05) is 20.2 Å². The van der Waals surface area contributed by atoms with Gasteiger partial charge in [-0.15, -0.1) is 0 Å². The maximum atomic E-state index is 12.7. The molecule has 0 spiro atoms. The predicted octanol–water partition coefficient (Wildman–Crippen LogP) is 2.08. The van der Waals surface area contributed by atoms with Gasteiger partial charge in [0.15, 0.2) is 5.78 Å². The Hall–Kier alpha value is -1.24. The van der Waals surface area contributed by atoms with Crippen molar-refractivity contribution in [2.24, 2.45) is 0 Å². The lowest BCUT2D eigenvalue weighted by Crippen LogP contribution is -2.49. The third kappa shape index (κ3) is 3.33. The number of methoxy groups -OCH3 is 1. The molecule has 2 rings (SSSR count). The molecule has 0 aromatic heterocycles. The Bertz CT molecular complexity index is 641. The number of ether oxygens (including phenoxy) is 1. The largest absolute Gasteiger partial charge is 0.377 e. The Labute approximate surface area is 126 Å². The Kier molecular flexibility index (Phi) is 4.51. The summed E-state index contributed by atoms with van der Waals surface area (Å²) in [6.45, 7) is 4.15. The molecule has 1 atom stereocenters. The number of hydrogen-bond donors (Lipinski definition) is 0. The molecule has 1 heterocycles. The van der Waals surface area contributed by atoms with Crippen LogP contribution in [-0.2, 0) is 14.8 Å². The van der Waals surface area contributed by atoms with Crippen LogP contribution in [0.5, 0.6) is 0 Å². The Morgan fingerprint density at radius 2 is 2.10 bits per heavy atom. The highest BCUT2D eigenvalue weighted by Crippen LogP contribution is 2.28. The molecule has 0 radical (unpaired) electrons. The third-order valence-corrected chi connectivity index (χ3v) is 5.84. The molecule has 116 valence electrons. The lowest BCUT2D eigenvalue weighted by atomic mass is 9.96. The fourth-order valence-corrected chi connectivity index (χ4v) is 4.19. The first-order valence-electron chi connectivity index (χ1n) is 6.95. The van der Waals surface area contributed by atoms with Gasteiger partial charge in [0.05, 0.1) is 10.5 Å². The van der Waals surface area contributed by atoms with Crippen molar-refractivity contribution < 1.29 is 17.9 Å². The maximum absolute atomic E-state index is 12.7. The van der Waals surface area contributed by atoms with Crippen LogP contribution < -0.4 is 0 Å². The molecule has 5 nitrogen and oxygen atoms in total. The quantitative estimate of drug-likeness (QED) is 0.799. The molecule has 1 aromatic carbocycles. The van der Waals surface area contributed by atoms with Crippen molar-refractivity contribution >= 4 is 15.8 Å². The van der Waals surface area contributed by atoms with Gasteiger partial charge in [-0.3, -0.25) is 4.79 Å². The van der Waals surface area contributed by atoms with Gasteiger partial charge in [-0.05, 0) is 38.8 Å². The Balaban J connectivity index is 2.33. The van der Waals surface area contributed by atoms with Crippen LogP contribution in [0.3, 0.4) is 0 Å². The molecule has 6 heteroatoms. The molecule has 0 N–H and O–H groups in total. The predicted molar refractivity (Wildman–Crippen MR) is 79.9 cm³/mol. The second-order valence-corrected chi connectivity index (χ2v) is 7.62. The fraction of sp³-hybridized carbons (Fsp3) is 0.533. The van der Waals surface area contributed by atoms with Crippen molar-refractivity contribution in [1.29, 1.82) is 0 Å². The summed E-state index contributed by atoms with van der Waals surface area (Å²) in [7, 11) is -1.99. The number of benzene rings is 1. The molecular formula is C15H21NO4S. The first-order chi connectivity index (χ1) is 9.78. The van der Waals surface area contributed by atoms with E-state index in [1.807, 2.05) is 6.92 Å². The summed E-state index contributed by atoms with van der Waals surface area (Å²) in [5.41, 5.74) is -0.0497. The van der Waals surface area contributed by atoms with Gasteiger partial charge in [-0.25, -0.2) is 8.42 Å². The summed E-state index contributed by atoms with van der Waals surface area (Å²) in [5.74, 6) is -0.146. The molecule has 0 saturated carbocycles. The molecule has 1 unspecified atom stereocenters. The Morgan fingerprint density at radius 1 is 1.38 bits per heavy atom. The maximum Gasteiger partial charge on any atom is 0.243 e. The number of sulfonamides is 1. The van der Waals surface area contributed by atoms with Gasteiger partial charge in [-0.1, -0.05) is 12.1 Å². The van der Waals surface area contributed by atoms with Gasteiger partial charge in [-0.2, -0.15) is 4.31 Å². The van der Waals surface area contributed by atoms with E-state index in [0.717, 1.165) is 12.8 Å². The average Bonchev–Trinajstić information content (AvgIpc) is 2.47. The monoisotopic (exact) mass is 311 g/mol. The fourth-order valence-electron chi connectivity index (χ4n) is 2.56. The zero-order chi connectivity index (χ0) is 15.7. The first-order valence-corrected chi connectivity index (χ1v) is 8.39. The molecule has 1 aliphatic heterocycles. The van der Waals surface area contributed by atoms with Crippen molar-refractivity contribution in [3.8, 4) is 0 Å². The molecular weight excluding hydrogens is 290 g/mol. The second-order valence-electron chi connectivity index (χ2n) is 5.68. The number of piperidine rings is 1. The minimum atomic E-state index is -3.60. The number of rotatable bonds is 4. The standard InChI is InChI=1S/C15H21NO4S/c1-12(17)13-6-4-7-14(10-13)21(18,19)16-9-5-8-15(2,11-16)20-3/h4,6-7,10H,5,8-9,11H2,1-3H3. The number of carbonyl (C=O) groups is 1. The minimum Gasteiger partial charge on any atom is -0.377 e. The number of hydrogen-bond acceptors (Lipinski definition) is 4. The summed E-state index contributed by atoms with van der Waals surface area (Å²) in [6, 6.07) is 6.19. The van der Waals surface area contributed by atoms with Crippen LogP contribution in [-0.4, -0.2) is 44.3 Å². The van der Waals surface area contributed by atoms with Crippen molar-refractivity contribution in [1.82, 2.24) is 4.31 Å². The van der Waals surface area contributed by atoms with E-state index in [1.54, 1.807) is 19.2 Å². The minimum absolute atomic E-state index is 0.146. The molecule has 1 fully saturated rings. The molecule has 0 aliphatic carbocycles. The highest BCUT2D eigenvalue weighted by Gasteiger charge is 2.37. The Morgan fingerprint density at radius 3 is 2.71 bits per heavy atom. The molecule has 1 aliphatic rings. The van der Waals surface area contributed by atoms with E-state index in [1.165, 1.54) is 23.4 Å². The van der Waals surface area contributed by atoms with E-state index in [9.17, 15) is 13.2 Å². The topological polar surface area (TPSA) is 63.7 Å². The van der Waals surface area contributed by atoms with Crippen LogP contribution in [0.1, 0.15) is 37.0 Å². The van der Waals surface area contributed by atoms with Crippen LogP contribution in [0.4, 0.5) is 0 Å². The number of Topliss-reactive ketones (excluding diaryl/α,β-unsaturated/α-hetero) is 1. The van der Waals surface area contributed by atoms with Crippen LogP contribution in [0, 0.1) is 0 Å². The smallest absolute Gasteiger partial charge is 0.243 e. The molecule has 0 amide bonds. The lowest BCUT2D eigenvalue weighted by molar-refractivity contribution is -0.0319. The van der Waals surface area contributed by atoms with Crippen LogP contribution >= 0.6 is 0 Å². The summed E-state index contributed by atoms with van der Waals surface area (Å²) >= 11 is 0. The molecule has 1 aromatic rings. The van der Waals surface area contributed by atoms with Crippen LogP contribution in [0.25, 0.3) is 0 Å². The van der Waals surface area contributed by atoms with E-state index >= 15 is 0 Å². The van der Waals surface area contributed by atoms with Gasteiger partial charge in [0.1, 0.15) is 0 Å². The van der Waals surface area contributed by atoms with E-state index < -0.39 is 15.6 Å². The normalized spacial score (nSPS) is 24.0. The van der Waals surface area contributed by atoms with E-state index in [-0.39, 0.29) is 10.7 Å². The van der Waals surface area contributed by atoms with Gasteiger partial charge in [0.25, 0.3) is 0 Å². The van der Waals surface area contributed by atoms with E-state index in [0.29, 0.717) is 18.7 Å². The zero-order valence-electron chi connectivity index (χ0n) is 12.6. The summed E-state index contributed by atoms with van der Waals surface area (Å²) in [5, 5.41) is 0.